The third-order valence-electron chi connectivity index (χ3n) is 2.67. The number of Topliss-reactive ketones (excluding diaryl/α,β-unsaturated/α-hetero) is 1. The molecule has 0 saturated carbocycles. The van der Waals surface area contributed by atoms with Gasteiger partial charge in [-0.15, -0.1) is 0 Å². The molecule has 0 unspecified atom stereocenters. The second-order valence-electron chi connectivity index (χ2n) is 4.23. The first-order chi connectivity index (χ1) is 9.47. The molecule has 0 spiro atoms. The second-order valence-corrected chi connectivity index (χ2v) is 4.23. The Bertz CT molecular complexity index is 665. The van der Waals surface area contributed by atoms with Crippen LogP contribution in [0.4, 0.5) is 5.69 Å². The molecule has 1 aromatic carbocycles. The normalized spacial score (nSPS) is 10.1. The Morgan fingerprint density at radius 1 is 1.30 bits per heavy atom. The van der Waals surface area contributed by atoms with E-state index in [0.29, 0.717) is 5.75 Å². The summed E-state index contributed by atoms with van der Waals surface area (Å²) in [7, 11) is 0. The quantitative estimate of drug-likeness (QED) is 0.484. The minimum atomic E-state index is -0.580. The third-order valence-corrected chi connectivity index (χ3v) is 2.67. The van der Waals surface area contributed by atoms with Crippen LogP contribution in [0.1, 0.15) is 23.0 Å². The highest BCUT2D eigenvalue weighted by Crippen LogP contribution is 2.32. The predicted octanol–water partition coefficient (Wildman–Crippen LogP) is 3.29. The van der Waals surface area contributed by atoms with Gasteiger partial charge in [0.1, 0.15) is 5.75 Å². The third kappa shape index (κ3) is 2.97. The molecule has 6 heteroatoms. The van der Waals surface area contributed by atoms with Crippen LogP contribution in [0, 0.1) is 17.0 Å². The molecular weight excluding hydrogens is 260 g/mol. The van der Waals surface area contributed by atoms with Crippen molar-refractivity contribution in [2.45, 2.75) is 13.8 Å². The summed E-state index contributed by atoms with van der Waals surface area (Å²) in [6.07, 6.45) is 1.48. The van der Waals surface area contributed by atoms with Gasteiger partial charge in [0.2, 0.25) is 5.75 Å². The molecule has 0 bridgehead atoms. The van der Waals surface area contributed by atoms with Crippen molar-refractivity contribution in [3.8, 4) is 11.5 Å². The lowest BCUT2D eigenvalue weighted by atomic mass is 10.1. The number of ether oxygens (including phenoxy) is 1. The highest BCUT2D eigenvalue weighted by atomic mass is 16.6. The van der Waals surface area contributed by atoms with Gasteiger partial charge in [-0.1, -0.05) is 0 Å². The van der Waals surface area contributed by atoms with Crippen molar-refractivity contribution in [3.05, 3.63) is 57.9 Å². The van der Waals surface area contributed by atoms with Gasteiger partial charge in [0.15, 0.2) is 5.78 Å². The molecule has 102 valence electrons. The van der Waals surface area contributed by atoms with Gasteiger partial charge in [-0.05, 0) is 38.1 Å². The first kappa shape index (κ1) is 13.7. The lowest BCUT2D eigenvalue weighted by molar-refractivity contribution is -0.385. The summed E-state index contributed by atoms with van der Waals surface area (Å²) < 4.78 is 5.45. The molecule has 6 nitrogen and oxygen atoms in total. The van der Waals surface area contributed by atoms with Crippen LogP contribution in [0.25, 0.3) is 0 Å². The number of nitrogens with zero attached hydrogens (tertiary/aromatic N) is 2. The van der Waals surface area contributed by atoms with Crippen molar-refractivity contribution < 1.29 is 14.5 Å². The Labute approximate surface area is 115 Å². The molecule has 0 aliphatic rings. The van der Waals surface area contributed by atoms with Crippen molar-refractivity contribution in [2.75, 3.05) is 0 Å². The minimum Gasteiger partial charge on any atom is -0.449 e. The number of carbonyl (C=O) groups excluding carboxylic acids is 1. The molecule has 0 saturated heterocycles. The Morgan fingerprint density at radius 3 is 2.60 bits per heavy atom. The van der Waals surface area contributed by atoms with E-state index in [1.807, 2.05) is 6.92 Å². The molecule has 0 amide bonds. The highest BCUT2D eigenvalue weighted by Gasteiger charge is 2.18. The molecule has 0 N–H and O–H groups in total. The van der Waals surface area contributed by atoms with Crippen molar-refractivity contribution in [2.24, 2.45) is 0 Å². The van der Waals surface area contributed by atoms with Crippen molar-refractivity contribution in [3.63, 3.8) is 0 Å². The summed E-state index contributed by atoms with van der Waals surface area (Å²) in [6.45, 7) is 3.18. The number of aryl methyl sites for hydroxylation is 1. The van der Waals surface area contributed by atoms with Gasteiger partial charge < -0.3 is 4.74 Å². The van der Waals surface area contributed by atoms with E-state index in [2.05, 4.69) is 4.98 Å². The standard InChI is InChI=1S/C14H12N2O4/c1-9-3-5-12(8-15-9)20-14-6-4-11(10(2)17)7-13(14)16(18)19/h3-8H,1-2H3. The van der Waals surface area contributed by atoms with Crippen LogP contribution in [0.15, 0.2) is 36.5 Å². The lowest BCUT2D eigenvalue weighted by Crippen LogP contribution is -1.98. The van der Waals surface area contributed by atoms with Gasteiger partial charge >= 0.3 is 5.69 Å². The fraction of sp³-hybridized carbons (Fsp3) is 0.143. The number of aromatic nitrogens is 1. The Kier molecular flexibility index (Phi) is 3.74. The zero-order chi connectivity index (χ0) is 14.7. The van der Waals surface area contributed by atoms with E-state index >= 15 is 0 Å². The number of nitro benzene ring substituents is 1. The number of hydrogen-bond donors (Lipinski definition) is 0. The van der Waals surface area contributed by atoms with Crippen LogP contribution in [0.2, 0.25) is 0 Å². The molecule has 2 rings (SSSR count). The number of benzene rings is 1. The maximum Gasteiger partial charge on any atom is 0.312 e. The number of nitro groups is 1. The van der Waals surface area contributed by atoms with Crippen molar-refractivity contribution in [1.82, 2.24) is 4.98 Å². The molecule has 0 fully saturated rings. The van der Waals surface area contributed by atoms with Gasteiger partial charge in [0, 0.05) is 17.3 Å². The van der Waals surface area contributed by atoms with Crippen molar-refractivity contribution in [1.29, 1.82) is 0 Å². The average molecular weight is 272 g/mol. The number of carbonyl (C=O) groups is 1. The fourth-order valence-electron chi connectivity index (χ4n) is 1.61. The summed E-state index contributed by atoms with van der Waals surface area (Å²) >= 11 is 0. The summed E-state index contributed by atoms with van der Waals surface area (Å²) in [6, 6.07) is 7.52. The Balaban J connectivity index is 2.38. The average Bonchev–Trinajstić information content (AvgIpc) is 2.41. The molecule has 0 atom stereocenters. The smallest absolute Gasteiger partial charge is 0.312 e. The second kappa shape index (κ2) is 5.48. The van der Waals surface area contributed by atoms with Gasteiger partial charge in [0.05, 0.1) is 11.1 Å². The van der Waals surface area contributed by atoms with Gasteiger partial charge in [-0.3, -0.25) is 19.9 Å². The van der Waals surface area contributed by atoms with E-state index in [-0.39, 0.29) is 22.8 Å². The van der Waals surface area contributed by atoms with Gasteiger partial charge in [-0.2, -0.15) is 0 Å². The van der Waals surface area contributed by atoms with Crippen LogP contribution in [-0.2, 0) is 0 Å². The largest absolute Gasteiger partial charge is 0.449 e. The van der Waals surface area contributed by atoms with E-state index in [1.165, 1.54) is 31.3 Å². The Hall–Kier alpha value is -2.76. The summed E-state index contributed by atoms with van der Waals surface area (Å²) in [4.78, 5) is 25.8. The molecule has 0 aliphatic heterocycles. The SMILES string of the molecule is CC(=O)c1ccc(Oc2ccc(C)nc2)c([N+](=O)[O-])c1. The van der Waals surface area contributed by atoms with Crippen LogP contribution in [0.5, 0.6) is 11.5 Å². The minimum absolute atomic E-state index is 0.0747. The zero-order valence-corrected chi connectivity index (χ0v) is 11.0. The molecule has 20 heavy (non-hydrogen) atoms. The van der Waals surface area contributed by atoms with E-state index in [1.54, 1.807) is 12.1 Å². The number of ketones is 1. The first-order valence-corrected chi connectivity index (χ1v) is 5.87. The van der Waals surface area contributed by atoms with E-state index in [4.69, 9.17) is 4.74 Å². The van der Waals surface area contributed by atoms with Crippen molar-refractivity contribution >= 4 is 11.5 Å². The van der Waals surface area contributed by atoms with Crippen LogP contribution in [0.3, 0.4) is 0 Å². The molecular formula is C14H12N2O4. The lowest BCUT2D eigenvalue weighted by Gasteiger charge is -2.07. The predicted molar refractivity (Wildman–Crippen MR) is 72.1 cm³/mol. The molecule has 0 radical (unpaired) electrons. The maximum absolute atomic E-state index is 11.3. The highest BCUT2D eigenvalue weighted by molar-refractivity contribution is 5.95. The Morgan fingerprint density at radius 2 is 2.05 bits per heavy atom. The van der Waals surface area contributed by atoms with Gasteiger partial charge in [-0.25, -0.2) is 0 Å². The van der Waals surface area contributed by atoms with Crippen LogP contribution < -0.4 is 4.74 Å². The molecule has 0 aliphatic carbocycles. The molecule has 1 heterocycles. The molecule has 1 aromatic heterocycles. The van der Waals surface area contributed by atoms with Crippen LogP contribution >= 0.6 is 0 Å². The fourth-order valence-corrected chi connectivity index (χ4v) is 1.61. The maximum atomic E-state index is 11.3. The summed E-state index contributed by atoms with van der Waals surface area (Å²) in [5.41, 5.74) is 0.836. The van der Waals surface area contributed by atoms with Crippen LogP contribution in [-0.4, -0.2) is 15.7 Å². The number of rotatable bonds is 4. The number of pyridine rings is 1. The summed E-state index contributed by atoms with van der Waals surface area (Å²) in [5.74, 6) is 0.233. The monoisotopic (exact) mass is 272 g/mol. The topological polar surface area (TPSA) is 82.3 Å². The summed E-state index contributed by atoms with van der Waals surface area (Å²) in [5, 5.41) is 11.0. The zero-order valence-electron chi connectivity index (χ0n) is 11.0. The van der Waals surface area contributed by atoms with E-state index < -0.39 is 4.92 Å². The number of hydrogen-bond acceptors (Lipinski definition) is 5. The first-order valence-electron chi connectivity index (χ1n) is 5.87. The molecule has 2 aromatic rings. The van der Waals surface area contributed by atoms with E-state index in [9.17, 15) is 14.9 Å². The van der Waals surface area contributed by atoms with E-state index in [0.717, 1.165) is 5.69 Å². The van der Waals surface area contributed by atoms with Gasteiger partial charge in [0.25, 0.3) is 0 Å².